The molecule has 2 heterocycles. The number of nitrogens with zero attached hydrogens (tertiary/aromatic N) is 2. The van der Waals surface area contributed by atoms with Gasteiger partial charge in [0.05, 0.1) is 25.1 Å². The smallest absolute Gasteiger partial charge is 0.252 e. The van der Waals surface area contributed by atoms with Gasteiger partial charge in [-0.2, -0.15) is 0 Å². The van der Waals surface area contributed by atoms with Gasteiger partial charge in [-0.25, -0.2) is 0 Å². The Balaban J connectivity index is 1.42. The highest BCUT2D eigenvalue weighted by Gasteiger charge is 2.45. The molecule has 316 valence electrons. The van der Waals surface area contributed by atoms with Gasteiger partial charge in [0.1, 0.15) is 0 Å². The second kappa shape index (κ2) is 15.3. The van der Waals surface area contributed by atoms with Crippen LogP contribution in [-0.2, 0) is 16.2 Å². The molecule has 0 saturated heterocycles. The van der Waals surface area contributed by atoms with Crippen LogP contribution in [0, 0.1) is 6.92 Å². The molecular weight excluding hydrogens is 771 g/mol. The van der Waals surface area contributed by atoms with Crippen LogP contribution in [0.1, 0.15) is 98.3 Å². The maximum Gasteiger partial charge on any atom is 0.252 e. The number of para-hydroxylation sites is 1. The van der Waals surface area contributed by atoms with Crippen molar-refractivity contribution < 1.29 is 13.7 Å². The highest BCUT2D eigenvalue weighted by molar-refractivity contribution is 7.00. The lowest BCUT2D eigenvalue weighted by atomic mass is 9.33. The molecular formula is C61H59BN2. The highest BCUT2D eigenvalue weighted by atomic mass is 15.2. The topological polar surface area (TPSA) is 6.48 Å². The van der Waals surface area contributed by atoms with E-state index in [0.717, 1.165) is 67.1 Å². The summed E-state index contributed by atoms with van der Waals surface area (Å²) < 4.78 is 91.6. The average Bonchev–Trinajstić information content (AvgIpc) is 3.35. The van der Waals surface area contributed by atoms with Gasteiger partial charge in [0, 0.05) is 39.4 Å². The molecule has 3 heteroatoms. The molecule has 0 unspecified atom stereocenters. The summed E-state index contributed by atoms with van der Waals surface area (Å²) in [6, 6.07) is 35.4. The number of aryl methyl sites for hydroxylation is 1. The van der Waals surface area contributed by atoms with Gasteiger partial charge < -0.3 is 9.80 Å². The molecule has 64 heavy (non-hydrogen) atoms. The van der Waals surface area contributed by atoms with Crippen LogP contribution < -0.4 is 26.2 Å². The molecule has 0 aromatic heterocycles. The molecule has 2 aliphatic rings. The Morgan fingerprint density at radius 2 is 0.891 bits per heavy atom. The van der Waals surface area contributed by atoms with Crippen LogP contribution in [0.25, 0.3) is 33.4 Å². The zero-order chi connectivity index (χ0) is 53.4. The first-order valence-electron chi connectivity index (χ1n) is 27.2. The number of benzene rings is 8. The maximum atomic E-state index is 9.56. The van der Waals surface area contributed by atoms with E-state index in [2.05, 4.69) is 137 Å². The van der Waals surface area contributed by atoms with Gasteiger partial charge in [0.15, 0.2) is 0 Å². The Labute approximate surface area is 396 Å². The molecule has 8 aromatic carbocycles. The fourth-order valence-electron chi connectivity index (χ4n) is 9.56. The van der Waals surface area contributed by atoms with Crippen molar-refractivity contribution in [2.24, 2.45) is 0 Å². The van der Waals surface area contributed by atoms with Gasteiger partial charge in [0.25, 0.3) is 6.71 Å². The van der Waals surface area contributed by atoms with E-state index < -0.39 is 65.8 Å². The first-order valence-corrected chi connectivity index (χ1v) is 22.2. The van der Waals surface area contributed by atoms with E-state index in [1.807, 2.05) is 57.2 Å². The lowest BCUT2D eigenvalue weighted by Gasteiger charge is -2.46. The quantitative estimate of drug-likeness (QED) is 0.159. The summed E-state index contributed by atoms with van der Waals surface area (Å²) in [6.07, 6.45) is 0. The second-order valence-electron chi connectivity index (χ2n) is 20.4. The predicted molar refractivity (Wildman–Crippen MR) is 278 cm³/mol. The minimum atomic E-state index is -0.635. The Bertz CT molecular complexity index is 3510. The molecule has 0 bridgehead atoms. The van der Waals surface area contributed by atoms with E-state index in [9.17, 15) is 5.48 Å². The van der Waals surface area contributed by atoms with Crippen LogP contribution in [-0.4, -0.2) is 6.71 Å². The normalized spacial score (nSPS) is 15.6. The SMILES string of the molecule is [2H]c1c([2H])c([2H])c(-c2cc(C(C)(C)C)cc(-c3c([2H])c([2H])c([2H])c([2H])c3[2H])c2N2c3ccccc3B3c4cc(C(C)(C)C)ccc4N(c4ccc(C(C)(C)C)cc4-c4ccccc4)c4cc(C)cc2c43)c([2H])c1[2H]. The Morgan fingerprint density at radius 3 is 1.47 bits per heavy atom. The summed E-state index contributed by atoms with van der Waals surface area (Å²) in [5.74, 6) is 0. The van der Waals surface area contributed by atoms with Crippen LogP contribution in [0.2, 0.25) is 0 Å². The van der Waals surface area contributed by atoms with Gasteiger partial charge in [-0.05, 0) is 127 Å². The number of rotatable bonds is 5. The van der Waals surface area contributed by atoms with E-state index in [1.54, 1.807) is 0 Å². The van der Waals surface area contributed by atoms with Crippen LogP contribution >= 0.6 is 0 Å². The average molecular weight is 841 g/mol. The number of hydrogen-bond acceptors (Lipinski definition) is 2. The van der Waals surface area contributed by atoms with Gasteiger partial charge in [0.2, 0.25) is 0 Å². The molecule has 0 N–H and O–H groups in total. The van der Waals surface area contributed by atoms with Crippen LogP contribution in [0.15, 0.2) is 176 Å². The fraction of sp³-hybridized carbons (Fsp3) is 0.213. The van der Waals surface area contributed by atoms with Crippen molar-refractivity contribution in [2.45, 2.75) is 85.5 Å². The van der Waals surface area contributed by atoms with Crippen molar-refractivity contribution in [3.63, 3.8) is 0 Å². The van der Waals surface area contributed by atoms with E-state index in [0.29, 0.717) is 11.3 Å². The summed E-state index contributed by atoms with van der Waals surface area (Å²) in [4.78, 5) is 4.44. The lowest BCUT2D eigenvalue weighted by molar-refractivity contribution is 0.590. The summed E-state index contributed by atoms with van der Waals surface area (Å²) in [5, 5.41) is 0. The highest BCUT2D eigenvalue weighted by Crippen LogP contribution is 2.52. The molecule has 0 aliphatic carbocycles. The Hall–Kier alpha value is -6.58. The maximum absolute atomic E-state index is 9.56. The molecule has 2 nitrogen and oxygen atoms in total. The summed E-state index contributed by atoms with van der Waals surface area (Å²) >= 11 is 0. The molecule has 0 radical (unpaired) electrons. The predicted octanol–water partition coefficient (Wildman–Crippen LogP) is 15.0. The number of anilines is 6. The molecule has 10 rings (SSSR count). The third-order valence-corrected chi connectivity index (χ3v) is 12.9. The van der Waals surface area contributed by atoms with Gasteiger partial charge in [-0.3, -0.25) is 0 Å². The minimum absolute atomic E-state index is 0.0694. The summed E-state index contributed by atoms with van der Waals surface area (Å²) in [5.41, 5.74) is 13.1. The third-order valence-electron chi connectivity index (χ3n) is 12.9. The van der Waals surface area contributed by atoms with Crippen molar-refractivity contribution in [2.75, 3.05) is 9.80 Å². The Kier molecular flexibility index (Phi) is 7.48. The van der Waals surface area contributed by atoms with Crippen LogP contribution in [0.3, 0.4) is 0 Å². The second-order valence-corrected chi connectivity index (χ2v) is 20.4. The Morgan fingerprint density at radius 1 is 0.406 bits per heavy atom. The van der Waals surface area contributed by atoms with E-state index in [1.165, 1.54) is 5.56 Å². The van der Waals surface area contributed by atoms with Gasteiger partial charge >= 0.3 is 0 Å². The third kappa shape index (κ3) is 7.07. The lowest BCUT2D eigenvalue weighted by Crippen LogP contribution is -2.61. The molecule has 0 fully saturated rings. The molecule has 8 aromatic rings. The van der Waals surface area contributed by atoms with E-state index in [4.69, 9.17) is 8.22 Å². The van der Waals surface area contributed by atoms with E-state index in [-0.39, 0.29) is 39.8 Å². The van der Waals surface area contributed by atoms with Crippen LogP contribution in [0.5, 0.6) is 0 Å². The monoisotopic (exact) mass is 841 g/mol. The van der Waals surface area contributed by atoms with Crippen molar-refractivity contribution >= 4 is 57.2 Å². The zero-order valence-corrected chi connectivity index (χ0v) is 38.4. The molecule has 0 atom stereocenters. The molecule has 2 aliphatic heterocycles. The minimum Gasteiger partial charge on any atom is -0.311 e. The van der Waals surface area contributed by atoms with Crippen molar-refractivity contribution in [3.8, 4) is 33.4 Å². The number of hydrogen-bond donors (Lipinski definition) is 0. The van der Waals surface area contributed by atoms with Crippen molar-refractivity contribution in [1.82, 2.24) is 0 Å². The first-order chi connectivity index (χ1) is 34.7. The fourth-order valence-corrected chi connectivity index (χ4v) is 9.56. The van der Waals surface area contributed by atoms with Crippen molar-refractivity contribution in [3.05, 3.63) is 198 Å². The largest absolute Gasteiger partial charge is 0.311 e. The first kappa shape index (κ1) is 31.3. The summed E-state index contributed by atoms with van der Waals surface area (Å²) in [7, 11) is 0. The van der Waals surface area contributed by atoms with Gasteiger partial charge in [-0.15, -0.1) is 0 Å². The van der Waals surface area contributed by atoms with Crippen LogP contribution in [0.4, 0.5) is 34.1 Å². The molecule has 0 amide bonds. The zero-order valence-electron chi connectivity index (χ0n) is 48.4. The van der Waals surface area contributed by atoms with Gasteiger partial charge in [-0.1, -0.05) is 189 Å². The standard InChI is InChI=1S/C61H59BN2/c1-40-34-55-57-56(35-40)64(58-48(42-24-16-12-17-25-42)37-46(61(8,9)10)38-49(58)43-26-18-13-19-27-43)53-29-21-20-28-50(53)62(57)51-39-45(60(5,6)7)31-33-54(51)63(55)52-32-30-44(59(2,3)4)36-47(52)41-22-14-11-15-23-41/h11-39H,1-10H3/i12D,13D,16D,17D,18D,19D,24D,25D,26D,27D. The van der Waals surface area contributed by atoms with Crippen molar-refractivity contribution in [1.29, 1.82) is 0 Å². The van der Waals surface area contributed by atoms with E-state index >= 15 is 0 Å². The number of fused-ring (bicyclic) bond motifs is 4. The molecule has 0 saturated carbocycles. The summed E-state index contributed by atoms with van der Waals surface area (Å²) in [6.45, 7) is 21.0. The molecule has 0 spiro atoms.